The topological polar surface area (TPSA) is 34.4 Å². The molecule has 1 N–H and O–H groups in total. The number of furan rings is 1. The van der Waals surface area contributed by atoms with Crippen LogP contribution in [0.5, 0.6) is 0 Å². The highest BCUT2D eigenvalue weighted by Gasteiger charge is 2.20. The van der Waals surface area contributed by atoms with Crippen molar-refractivity contribution in [3.05, 3.63) is 23.7 Å². The van der Waals surface area contributed by atoms with E-state index in [4.69, 9.17) is 9.15 Å². The first-order chi connectivity index (χ1) is 7.75. The van der Waals surface area contributed by atoms with Gasteiger partial charge in [0.05, 0.1) is 12.6 Å². The second-order valence-electron chi connectivity index (χ2n) is 4.64. The molecule has 1 aromatic rings. The zero-order valence-corrected chi connectivity index (χ0v) is 10.2. The zero-order valence-electron chi connectivity index (χ0n) is 10.2. The van der Waals surface area contributed by atoms with Crippen LogP contribution < -0.4 is 5.32 Å². The molecule has 1 heterocycles. The first-order valence-corrected chi connectivity index (χ1v) is 6.13. The van der Waals surface area contributed by atoms with E-state index >= 15 is 0 Å². The first kappa shape index (κ1) is 11.7. The van der Waals surface area contributed by atoms with Crippen molar-refractivity contribution in [2.45, 2.75) is 32.7 Å². The third-order valence-corrected chi connectivity index (χ3v) is 2.94. The second kappa shape index (κ2) is 5.51. The summed E-state index contributed by atoms with van der Waals surface area (Å²) in [5, 5.41) is 3.39. The molecule has 90 valence electrons. The van der Waals surface area contributed by atoms with Gasteiger partial charge >= 0.3 is 0 Å². The fraction of sp³-hybridized carbons (Fsp3) is 0.692. The molecule has 0 amide bonds. The van der Waals surface area contributed by atoms with E-state index in [0.29, 0.717) is 0 Å². The van der Waals surface area contributed by atoms with Crippen molar-refractivity contribution in [1.82, 2.24) is 5.32 Å². The third-order valence-electron chi connectivity index (χ3n) is 2.94. The number of ether oxygens (including phenoxy) is 1. The molecule has 1 aliphatic carbocycles. The summed E-state index contributed by atoms with van der Waals surface area (Å²) >= 11 is 0. The molecule has 1 saturated carbocycles. The molecular formula is C13H21NO2. The Labute approximate surface area is 97.2 Å². The Morgan fingerprint density at radius 3 is 2.94 bits per heavy atom. The third kappa shape index (κ3) is 3.65. The van der Waals surface area contributed by atoms with Gasteiger partial charge in [-0.15, -0.1) is 0 Å². The van der Waals surface area contributed by atoms with Crippen molar-refractivity contribution in [2.75, 3.05) is 19.8 Å². The maximum absolute atomic E-state index is 5.56. The van der Waals surface area contributed by atoms with Gasteiger partial charge in [0.1, 0.15) is 11.5 Å². The Hall–Kier alpha value is -0.800. The maximum atomic E-state index is 5.56. The fourth-order valence-electron chi connectivity index (χ4n) is 1.67. The van der Waals surface area contributed by atoms with E-state index in [-0.39, 0.29) is 6.04 Å². The number of nitrogens with one attached hydrogen (secondary N) is 1. The largest absolute Gasteiger partial charge is 0.465 e. The average Bonchev–Trinajstić information content (AvgIpc) is 2.99. The summed E-state index contributed by atoms with van der Waals surface area (Å²) < 4.78 is 11.1. The first-order valence-electron chi connectivity index (χ1n) is 6.13. The van der Waals surface area contributed by atoms with E-state index in [1.807, 2.05) is 19.1 Å². The van der Waals surface area contributed by atoms with Gasteiger partial charge < -0.3 is 14.5 Å². The lowest BCUT2D eigenvalue weighted by Gasteiger charge is -2.11. The minimum atomic E-state index is 0.262. The molecule has 16 heavy (non-hydrogen) atoms. The Balaban J connectivity index is 1.57. The molecule has 1 aromatic heterocycles. The van der Waals surface area contributed by atoms with Gasteiger partial charge in [-0.3, -0.25) is 0 Å². The zero-order chi connectivity index (χ0) is 11.4. The molecular weight excluding hydrogens is 202 g/mol. The fourth-order valence-corrected chi connectivity index (χ4v) is 1.67. The quantitative estimate of drug-likeness (QED) is 0.722. The minimum absolute atomic E-state index is 0.262. The molecule has 0 bridgehead atoms. The molecule has 1 aliphatic rings. The van der Waals surface area contributed by atoms with Crippen molar-refractivity contribution in [3.63, 3.8) is 0 Å². The van der Waals surface area contributed by atoms with Crippen LogP contribution in [0.2, 0.25) is 0 Å². The highest BCUT2D eigenvalue weighted by Crippen LogP contribution is 2.28. The SMILES string of the molecule is Cc1ccc(C(C)NCCOCC2CC2)o1. The van der Waals surface area contributed by atoms with Crippen LogP contribution in [-0.2, 0) is 4.74 Å². The molecule has 0 spiro atoms. The second-order valence-corrected chi connectivity index (χ2v) is 4.64. The lowest BCUT2D eigenvalue weighted by Crippen LogP contribution is -2.23. The van der Waals surface area contributed by atoms with E-state index < -0.39 is 0 Å². The number of hydrogen-bond acceptors (Lipinski definition) is 3. The summed E-state index contributed by atoms with van der Waals surface area (Å²) in [6.45, 7) is 6.69. The van der Waals surface area contributed by atoms with Crippen LogP contribution >= 0.6 is 0 Å². The van der Waals surface area contributed by atoms with E-state index in [9.17, 15) is 0 Å². The molecule has 3 heteroatoms. The van der Waals surface area contributed by atoms with Gasteiger partial charge in [0, 0.05) is 13.2 Å². The predicted molar refractivity (Wildman–Crippen MR) is 63.4 cm³/mol. The Morgan fingerprint density at radius 1 is 1.50 bits per heavy atom. The van der Waals surface area contributed by atoms with Crippen LogP contribution in [0, 0.1) is 12.8 Å². The van der Waals surface area contributed by atoms with Crippen LogP contribution in [0.3, 0.4) is 0 Å². The van der Waals surface area contributed by atoms with Crippen LogP contribution in [-0.4, -0.2) is 19.8 Å². The molecule has 1 fully saturated rings. The highest BCUT2D eigenvalue weighted by molar-refractivity contribution is 5.08. The van der Waals surface area contributed by atoms with Gasteiger partial charge in [-0.05, 0) is 44.7 Å². The van der Waals surface area contributed by atoms with Gasteiger partial charge in [-0.1, -0.05) is 0 Å². The Bertz CT molecular complexity index is 317. The summed E-state index contributed by atoms with van der Waals surface area (Å²) in [5.41, 5.74) is 0. The molecule has 1 atom stereocenters. The predicted octanol–water partition coefficient (Wildman–Crippen LogP) is 2.67. The maximum Gasteiger partial charge on any atom is 0.120 e. The van der Waals surface area contributed by atoms with Gasteiger partial charge in [0.2, 0.25) is 0 Å². The molecule has 0 aromatic carbocycles. The monoisotopic (exact) mass is 223 g/mol. The van der Waals surface area contributed by atoms with Crippen LogP contribution in [0.1, 0.15) is 37.3 Å². The van der Waals surface area contributed by atoms with E-state index in [1.54, 1.807) is 0 Å². The van der Waals surface area contributed by atoms with Crippen molar-refractivity contribution in [3.8, 4) is 0 Å². The number of hydrogen-bond donors (Lipinski definition) is 1. The van der Waals surface area contributed by atoms with Gasteiger partial charge in [0.25, 0.3) is 0 Å². The Morgan fingerprint density at radius 2 is 2.31 bits per heavy atom. The van der Waals surface area contributed by atoms with Gasteiger partial charge in [-0.2, -0.15) is 0 Å². The van der Waals surface area contributed by atoms with Crippen molar-refractivity contribution >= 4 is 0 Å². The standard InChI is InChI=1S/C13H21NO2/c1-10-3-6-13(16-10)11(2)14-7-8-15-9-12-4-5-12/h3,6,11-12,14H,4-5,7-9H2,1-2H3. The van der Waals surface area contributed by atoms with Crippen LogP contribution in [0.4, 0.5) is 0 Å². The lowest BCUT2D eigenvalue weighted by molar-refractivity contribution is 0.124. The van der Waals surface area contributed by atoms with Crippen LogP contribution in [0.25, 0.3) is 0 Å². The summed E-state index contributed by atoms with van der Waals surface area (Å²) in [5.74, 6) is 2.82. The number of rotatable bonds is 7. The number of aryl methyl sites for hydroxylation is 1. The molecule has 3 nitrogen and oxygen atoms in total. The minimum Gasteiger partial charge on any atom is -0.465 e. The normalized spacial score (nSPS) is 17.6. The van der Waals surface area contributed by atoms with Crippen molar-refractivity contribution < 1.29 is 9.15 Å². The van der Waals surface area contributed by atoms with Gasteiger partial charge in [-0.25, -0.2) is 0 Å². The van der Waals surface area contributed by atoms with Gasteiger partial charge in [0.15, 0.2) is 0 Å². The van der Waals surface area contributed by atoms with E-state index in [1.165, 1.54) is 12.8 Å². The molecule has 1 unspecified atom stereocenters. The summed E-state index contributed by atoms with van der Waals surface area (Å²) in [4.78, 5) is 0. The lowest BCUT2D eigenvalue weighted by atomic mass is 10.2. The van der Waals surface area contributed by atoms with E-state index in [2.05, 4.69) is 12.2 Å². The summed E-state index contributed by atoms with van der Waals surface area (Å²) in [7, 11) is 0. The molecule has 0 saturated heterocycles. The summed E-state index contributed by atoms with van der Waals surface area (Å²) in [6.07, 6.45) is 2.71. The summed E-state index contributed by atoms with van der Waals surface area (Å²) in [6, 6.07) is 4.29. The molecule has 0 aliphatic heterocycles. The Kier molecular flexibility index (Phi) is 4.02. The average molecular weight is 223 g/mol. The van der Waals surface area contributed by atoms with Crippen molar-refractivity contribution in [2.24, 2.45) is 5.92 Å². The van der Waals surface area contributed by atoms with Crippen LogP contribution in [0.15, 0.2) is 16.5 Å². The van der Waals surface area contributed by atoms with Crippen molar-refractivity contribution in [1.29, 1.82) is 0 Å². The molecule has 2 rings (SSSR count). The smallest absolute Gasteiger partial charge is 0.120 e. The molecule has 0 radical (unpaired) electrons. The van der Waals surface area contributed by atoms with E-state index in [0.717, 1.165) is 37.2 Å². The highest BCUT2D eigenvalue weighted by atomic mass is 16.5.